The number of aliphatic hydroxyl groups is 1. The summed E-state index contributed by atoms with van der Waals surface area (Å²) >= 11 is 6.47. The van der Waals surface area contributed by atoms with Gasteiger partial charge in [-0.25, -0.2) is 0 Å². The Hall–Kier alpha value is -1.55. The van der Waals surface area contributed by atoms with Gasteiger partial charge in [0.25, 0.3) is 0 Å². The van der Waals surface area contributed by atoms with Crippen LogP contribution in [-0.2, 0) is 11.2 Å². The predicted octanol–water partition coefficient (Wildman–Crippen LogP) is 5.46. The second kappa shape index (κ2) is 7.83. The normalized spacial score (nSPS) is 23.8. The fourth-order valence-corrected chi connectivity index (χ4v) is 4.46. The highest BCUT2D eigenvalue weighted by Gasteiger charge is 2.45. The summed E-state index contributed by atoms with van der Waals surface area (Å²) in [5, 5.41) is 11.1. The average Bonchev–Trinajstić information content (AvgIpc) is 2.63. The maximum atomic E-state index is 10.4. The van der Waals surface area contributed by atoms with Crippen molar-refractivity contribution in [1.82, 2.24) is 0 Å². The van der Waals surface area contributed by atoms with E-state index < -0.39 is 0 Å². The molecule has 2 aromatic rings. The lowest BCUT2D eigenvalue weighted by Gasteiger charge is -2.49. The summed E-state index contributed by atoms with van der Waals surface area (Å²) in [4.78, 5) is 0. The minimum absolute atomic E-state index is 0.0506. The van der Waals surface area contributed by atoms with Crippen LogP contribution >= 0.6 is 11.6 Å². The Morgan fingerprint density at radius 2 is 1.96 bits per heavy atom. The first-order valence-corrected chi connectivity index (χ1v) is 10.3. The van der Waals surface area contributed by atoms with E-state index in [9.17, 15) is 5.11 Å². The monoisotopic (exact) mass is 386 g/mol. The summed E-state index contributed by atoms with van der Waals surface area (Å²) in [6, 6.07) is 14.3. The van der Waals surface area contributed by atoms with Crippen molar-refractivity contribution < 1.29 is 14.6 Å². The summed E-state index contributed by atoms with van der Waals surface area (Å²) in [5.41, 5.74) is 3.30. The molecule has 144 valence electrons. The van der Waals surface area contributed by atoms with Crippen molar-refractivity contribution in [2.45, 2.75) is 63.3 Å². The topological polar surface area (TPSA) is 38.7 Å². The highest BCUT2D eigenvalue weighted by atomic mass is 35.5. The fourth-order valence-electron chi connectivity index (χ4n) is 4.28. The average molecular weight is 387 g/mol. The second-order valence-corrected chi connectivity index (χ2v) is 8.25. The second-order valence-electron chi connectivity index (χ2n) is 7.84. The largest absolute Gasteiger partial charge is 0.494 e. The number of ether oxygens (including phenoxy) is 2. The Labute approximate surface area is 166 Å². The molecule has 1 heterocycles. The quantitative estimate of drug-likeness (QED) is 0.741. The van der Waals surface area contributed by atoms with Crippen molar-refractivity contribution in [3.63, 3.8) is 0 Å². The van der Waals surface area contributed by atoms with Gasteiger partial charge in [-0.15, -0.1) is 0 Å². The molecule has 1 spiro atoms. The number of hydrogen-bond donors (Lipinski definition) is 1. The molecule has 3 nitrogen and oxygen atoms in total. The standard InChI is InChI=1S/C23H27ClO3/c1-2-26-20-7-4-16(5-8-20)12-18-13-17(6-9-21(18)24)22-14-19(25)15-23(27-22)10-3-11-23/h4-9,13,19,22,25H,2-3,10-12,14-15H2,1H3/t19-,22-/m1/s1. The zero-order chi connectivity index (χ0) is 18.9. The van der Waals surface area contributed by atoms with E-state index in [1.54, 1.807) is 0 Å². The van der Waals surface area contributed by atoms with Gasteiger partial charge in [0.05, 0.1) is 24.4 Å². The van der Waals surface area contributed by atoms with Crippen LogP contribution in [0.2, 0.25) is 5.02 Å². The van der Waals surface area contributed by atoms with Gasteiger partial charge in [-0.05, 0) is 67.5 Å². The van der Waals surface area contributed by atoms with Gasteiger partial charge in [0, 0.05) is 17.9 Å². The smallest absolute Gasteiger partial charge is 0.119 e. The van der Waals surface area contributed by atoms with Crippen LogP contribution in [0.4, 0.5) is 0 Å². The van der Waals surface area contributed by atoms with Gasteiger partial charge in [0.15, 0.2) is 0 Å². The molecular weight excluding hydrogens is 360 g/mol. The molecule has 4 rings (SSSR count). The van der Waals surface area contributed by atoms with Gasteiger partial charge >= 0.3 is 0 Å². The Kier molecular flexibility index (Phi) is 5.45. The van der Waals surface area contributed by atoms with E-state index >= 15 is 0 Å². The van der Waals surface area contributed by atoms with Gasteiger partial charge in [0.2, 0.25) is 0 Å². The number of rotatable bonds is 5. The summed E-state index contributed by atoms with van der Waals surface area (Å²) < 4.78 is 11.9. The van der Waals surface area contributed by atoms with E-state index in [4.69, 9.17) is 21.1 Å². The molecule has 2 fully saturated rings. The first kappa shape index (κ1) is 18.8. The van der Waals surface area contributed by atoms with Crippen molar-refractivity contribution in [3.8, 4) is 5.75 Å². The number of halogens is 1. The third-order valence-electron chi connectivity index (χ3n) is 5.82. The highest BCUT2D eigenvalue weighted by molar-refractivity contribution is 6.31. The van der Waals surface area contributed by atoms with Crippen LogP contribution in [-0.4, -0.2) is 23.4 Å². The molecule has 0 aromatic heterocycles. The van der Waals surface area contributed by atoms with Crippen molar-refractivity contribution in [1.29, 1.82) is 0 Å². The van der Waals surface area contributed by atoms with Gasteiger partial charge in [-0.2, -0.15) is 0 Å². The summed E-state index contributed by atoms with van der Waals surface area (Å²) in [6.07, 6.45) is 5.19. The Morgan fingerprint density at radius 1 is 1.19 bits per heavy atom. The molecule has 2 aliphatic rings. The van der Waals surface area contributed by atoms with E-state index in [2.05, 4.69) is 18.2 Å². The van der Waals surface area contributed by atoms with Gasteiger partial charge in [-0.1, -0.05) is 35.9 Å². The molecule has 0 radical (unpaired) electrons. The first-order chi connectivity index (χ1) is 13.1. The summed E-state index contributed by atoms with van der Waals surface area (Å²) in [6.45, 7) is 2.65. The summed E-state index contributed by atoms with van der Waals surface area (Å²) in [5.74, 6) is 0.886. The van der Waals surface area contributed by atoms with Crippen LogP contribution in [0, 0.1) is 0 Å². The Morgan fingerprint density at radius 3 is 2.63 bits per heavy atom. The lowest BCUT2D eigenvalue weighted by molar-refractivity contribution is -0.198. The number of aliphatic hydroxyl groups excluding tert-OH is 1. The molecule has 1 aliphatic heterocycles. The summed E-state index contributed by atoms with van der Waals surface area (Å²) in [7, 11) is 0. The van der Waals surface area contributed by atoms with Crippen molar-refractivity contribution in [2.24, 2.45) is 0 Å². The number of benzene rings is 2. The van der Waals surface area contributed by atoms with Gasteiger partial charge in [0.1, 0.15) is 5.75 Å². The minimum atomic E-state index is -0.283. The molecule has 27 heavy (non-hydrogen) atoms. The van der Waals surface area contributed by atoms with Crippen molar-refractivity contribution in [3.05, 3.63) is 64.2 Å². The van der Waals surface area contributed by atoms with E-state index in [-0.39, 0.29) is 17.8 Å². The lowest BCUT2D eigenvalue weighted by atomic mass is 9.73. The van der Waals surface area contributed by atoms with Crippen LogP contribution in [0.3, 0.4) is 0 Å². The molecule has 4 heteroatoms. The molecule has 1 saturated carbocycles. The first-order valence-electron chi connectivity index (χ1n) is 9.93. The van der Waals surface area contributed by atoms with Crippen molar-refractivity contribution >= 4 is 11.6 Å². The minimum Gasteiger partial charge on any atom is -0.494 e. The van der Waals surface area contributed by atoms with Gasteiger partial charge < -0.3 is 14.6 Å². The Balaban J connectivity index is 1.52. The van der Waals surface area contributed by atoms with Crippen LogP contribution in [0.1, 0.15) is 61.8 Å². The van der Waals surface area contributed by atoms with E-state index in [1.165, 1.54) is 12.0 Å². The molecule has 2 atom stereocenters. The lowest BCUT2D eigenvalue weighted by Crippen LogP contribution is -2.48. The van der Waals surface area contributed by atoms with Crippen molar-refractivity contribution in [2.75, 3.05) is 6.61 Å². The van der Waals surface area contributed by atoms with Crippen LogP contribution in [0.5, 0.6) is 5.75 Å². The third kappa shape index (κ3) is 4.16. The molecular formula is C23H27ClO3. The van der Waals surface area contributed by atoms with E-state index in [1.807, 2.05) is 31.2 Å². The molecule has 2 aromatic carbocycles. The SMILES string of the molecule is CCOc1ccc(Cc2cc([C@H]3C[C@@H](O)CC4(CCC4)O3)ccc2Cl)cc1. The van der Waals surface area contributed by atoms with E-state index in [0.717, 1.165) is 47.6 Å². The highest BCUT2D eigenvalue weighted by Crippen LogP contribution is 2.48. The molecule has 0 bridgehead atoms. The van der Waals surface area contributed by atoms with Crippen LogP contribution in [0.15, 0.2) is 42.5 Å². The predicted molar refractivity (Wildman–Crippen MR) is 108 cm³/mol. The fraction of sp³-hybridized carbons (Fsp3) is 0.478. The Bertz CT molecular complexity index is 783. The van der Waals surface area contributed by atoms with Crippen LogP contribution < -0.4 is 4.74 Å². The van der Waals surface area contributed by atoms with Crippen LogP contribution in [0.25, 0.3) is 0 Å². The molecule has 0 unspecified atom stereocenters. The molecule has 1 saturated heterocycles. The van der Waals surface area contributed by atoms with E-state index in [0.29, 0.717) is 13.0 Å². The van der Waals surface area contributed by atoms with Gasteiger partial charge in [-0.3, -0.25) is 0 Å². The maximum Gasteiger partial charge on any atom is 0.119 e. The maximum absolute atomic E-state index is 10.4. The molecule has 1 N–H and O–H groups in total. The number of hydrogen-bond acceptors (Lipinski definition) is 3. The molecule has 0 amide bonds. The third-order valence-corrected chi connectivity index (χ3v) is 6.19. The molecule has 1 aliphatic carbocycles. The zero-order valence-electron chi connectivity index (χ0n) is 15.8. The zero-order valence-corrected chi connectivity index (χ0v) is 16.5.